The average Bonchev–Trinajstić information content (AvgIpc) is 2.66. The molecule has 28 heavy (non-hydrogen) atoms. The Balaban J connectivity index is 2.10. The fourth-order valence-electron chi connectivity index (χ4n) is 2.34. The number of alkyl carbamates (subject to hydrolysis) is 1. The largest absolute Gasteiger partial charge is 0.480 e. The van der Waals surface area contributed by atoms with E-state index in [-0.39, 0.29) is 12.2 Å². The molecule has 2 rings (SSSR count). The van der Waals surface area contributed by atoms with Gasteiger partial charge in [0.05, 0.1) is 15.9 Å². The van der Waals surface area contributed by atoms with E-state index in [0.717, 1.165) is 18.2 Å². The molecule has 0 aliphatic carbocycles. The van der Waals surface area contributed by atoms with Crippen molar-refractivity contribution in [3.63, 3.8) is 0 Å². The van der Waals surface area contributed by atoms with Crippen molar-refractivity contribution in [2.75, 3.05) is 0 Å². The van der Waals surface area contributed by atoms with Crippen LogP contribution < -0.4 is 5.32 Å². The molecular weight excluding hydrogens is 374 g/mol. The van der Waals surface area contributed by atoms with Crippen molar-refractivity contribution in [3.8, 4) is 0 Å². The second kappa shape index (κ2) is 9.07. The van der Waals surface area contributed by atoms with E-state index in [1.165, 1.54) is 0 Å². The van der Waals surface area contributed by atoms with Gasteiger partial charge < -0.3 is 15.2 Å². The molecule has 0 aliphatic heterocycles. The molecule has 0 fully saturated rings. The summed E-state index contributed by atoms with van der Waals surface area (Å²) in [6.45, 7) is -0.0866. The second-order valence-corrected chi connectivity index (χ2v) is 5.63. The number of carbonyl (C=O) groups excluding carboxylic acids is 1. The summed E-state index contributed by atoms with van der Waals surface area (Å²) in [5.74, 6) is -1.44. The normalized spacial score (nSPS) is 11.3. The van der Waals surface area contributed by atoms with E-state index in [4.69, 9.17) is 4.74 Å². The molecule has 0 aromatic heterocycles. The van der Waals surface area contributed by atoms with E-state index in [1.54, 1.807) is 30.3 Å². The maximum absolute atomic E-state index is 11.9. The van der Waals surface area contributed by atoms with Crippen LogP contribution in [0.3, 0.4) is 0 Å². The molecule has 0 bridgehead atoms. The van der Waals surface area contributed by atoms with Crippen molar-refractivity contribution in [3.05, 3.63) is 79.9 Å². The van der Waals surface area contributed by atoms with Crippen LogP contribution in [0, 0.1) is 20.2 Å². The van der Waals surface area contributed by atoms with E-state index in [9.17, 15) is 34.9 Å². The summed E-state index contributed by atoms with van der Waals surface area (Å²) in [4.78, 5) is 43.6. The summed E-state index contributed by atoms with van der Waals surface area (Å²) in [6.07, 6.45) is -1.47. The number of carboxylic acids is 1. The third kappa shape index (κ3) is 5.49. The first-order valence-electron chi connectivity index (χ1n) is 7.89. The fraction of sp³-hybridized carbons (Fsp3) is 0.176. The smallest absolute Gasteiger partial charge is 0.408 e. The topological polar surface area (TPSA) is 162 Å². The number of nitro benzene ring substituents is 2. The van der Waals surface area contributed by atoms with Gasteiger partial charge in [-0.15, -0.1) is 0 Å². The monoisotopic (exact) mass is 389 g/mol. The van der Waals surface area contributed by atoms with Crippen LogP contribution in [-0.4, -0.2) is 33.1 Å². The minimum Gasteiger partial charge on any atom is -0.480 e. The van der Waals surface area contributed by atoms with Gasteiger partial charge >= 0.3 is 12.1 Å². The van der Waals surface area contributed by atoms with E-state index in [0.29, 0.717) is 5.56 Å². The highest BCUT2D eigenvalue weighted by atomic mass is 16.6. The summed E-state index contributed by atoms with van der Waals surface area (Å²) >= 11 is 0. The Morgan fingerprint density at radius 1 is 1.07 bits per heavy atom. The highest BCUT2D eigenvalue weighted by Gasteiger charge is 2.27. The molecule has 146 valence electrons. The van der Waals surface area contributed by atoms with Gasteiger partial charge in [-0.05, 0) is 11.6 Å². The first-order chi connectivity index (χ1) is 13.3. The Labute approximate surface area is 157 Å². The van der Waals surface area contributed by atoms with Crippen LogP contribution in [0.5, 0.6) is 0 Å². The van der Waals surface area contributed by atoms with Gasteiger partial charge in [0.25, 0.3) is 11.4 Å². The zero-order valence-electron chi connectivity index (χ0n) is 14.3. The molecule has 2 N–H and O–H groups in total. The molecule has 2 aromatic rings. The lowest BCUT2D eigenvalue weighted by molar-refractivity contribution is -0.394. The number of hydrogen-bond donors (Lipinski definition) is 2. The van der Waals surface area contributed by atoms with Crippen molar-refractivity contribution in [2.24, 2.45) is 0 Å². The van der Waals surface area contributed by atoms with Crippen LogP contribution in [0.15, 0.2) is 48.5 Å². The van der Waals surface area contributed by atoms with Gasteiger partial charge in [0, 0.05) is 18.1 Å². The van der Waals surface area contributed by atoms with E-state index >= 15 is 0 Å². The quantitative estimate of drug-likeness (QED) is 0.513. The third-order valence-electron chi connectivity index (χ3n) is 3.70. The molecule has 0 radical (unpaired) electrons. The first kappa shape index (κ1) is 20.3. The lowest BCUT2D eigenvalue weighted by atomic mass is 10.0. The summed E-state index contributed by atoms with van der Waals surface area (Å²) in [7, 11) is 0. The van der Waals surface area contributed by atoms with Crippen LogP contribution in [0.2, 0.25) is 0 Å². The average molecular weight is 389 g/mol. The number of ether oxygens (including phenoxy) is 1. The summed E-state index contributed by atoms with van der Waals surface area (Å²) < 4.78 is 4.94. The van der Waals surface area contributed by atoms with Gasteiger partial charge in [-0.25, -0.2) is 9.59 Å². The van der Waals surface area contributed by atoms with Crippen molar-refractivity contribution in [1.82, 2.24) is 5.32 Å². The minimum atomic E-state index is -1.52. The van der Waals surface area contributed by atoms with Crippen LogP contribution >= 0.6 is 0 Å². The van der Waals surface area contributed by atoms with E-state index in [1.807, 2.05) is 0 Å². The standard InChI is InChI=1S/C17H15N3O8/c21-16(22)14(18-17(23)28-10-11-4-2-1-3-5-11)8-12-6-7-13(19(24)25)9-15(12)20(26)27/h1-7,9,14H,8,10H2,(H,18,23)(H,21,22). The van der Waals surface area contributed by atoms with Gasteiger partial charge in [-0.1, -0.05) is 30.3 Å². The number of carboxylic acid groups (broad SMARTS) is 1. The molecule has 0 spiro atoms. The first-order valence-corrected chi connectivity index (χ1v) is 7.89. The highest BCUT2D eigenvalue weighted by Crippen LogP contribution is 2.25. The number of hydrogen-bond acceptors (Lipinski definition) is 7. The lowest BCUT2D eigenvalue weighted by Crippen LogP contribution is -2.42. The molecule has 1 unspecified atom stereocenters. The van der Waals surface area contributed by atoms with Gasteiger partial charge in [-0.3, -0.25) is 20.2 Å². The van der Waals surface area contributed by atoms with Gasteiger partial charge in [-0.2, -0.15) is 0 Å². The molecular formula is C17H15N3O8. The predicted octanol–water partition coefficient (Wildman–Crippen LogP) is 2.43. The molecule has 11 heteroatoms. The van der Waals surface area contributed by atoms with Gasteiger partial charge in [0.1, 0.15) is 12.6 Å². The van der Waals surface area contributed by atoms with Gasteiger partial charge in [0.2, 0.25) is 0 Å². The molecule has 0 aliphatic rings. The Kier molecular flexibility index (Phi) is 6.58. The Bertz CT molecular complexity index is 901. The summed E-state index contributed by atoms with van der Waals surface area (Å²) in [5.41, 5.74) is -0.501. The zero-order valence-corrected chi connectivity index (χ0v) is 14.3. The summed E-state index contributed by atoms with van der Waals surface area (Å²) in [5, 5.41) is 33.3. The van der Waals surface area contributed by atoms with E-state index in [2.05, 4.69) is 5.32 Å². The number of benzene rings is 2. The Hall–Kier alpha value is -4.02. The highest BCUT2D eigenvalue weighted by molar-refractivity contribution is 5.80. The molecule has 11 nitrogen and oxygen atoms in total. The van der Waals surface area contributed by atoms with Crippen molar-refractivity contribution >= 4 is 23.4 Å². The second-order valence-electron chi connectivity index (χ2n) is 5.63. The molecule has 2 aromatic carbocycles. The number of aliphatic carboxylic acids is 1. The SMILES string of the molecule is O=C(NC(Cc1ccc([N+](=O)[O-])cc1[N+](=O)[O-])C(=O)O)OCc1ccccc1. The molecule has 1 amide bonds. The molecule has 0 saturated heterocycles. The number of nitrogens with zero attached hydrogens (tertiary/aromatic N) is 2. The maximum atomic E-state index is 11.9. The van der Waals surface area contributed by atoms with Crippen molar-refractivity contribution in [2.45, 2.75) is 19.1 Å². The number of carbonyl (C=O) groups is 2. The maximum Gasteiger partial charge on any atom is 0.408 e. The summed E-state index contributed by atoms with van der Waals surface area (Å²) in [6, 6.07) is 10.0. The van der Waals surface area contributed by atoms with Crippen LogP contribution in [-0.2, 0) is 22.6 Å². The molecule has 1 atom stereocenters. The fourth-order valence-corrected chi connectivity index (χ4v) is 2.34. The van der Waals surface area contributed by atoms with Crippen molar-refractivity contribution < 1.29 is 29.3 Å². The lowest BCUT2D eigenvalue weighted by Gasteiger charge is -2.15. The molecule has 0 heterocycles. The van der Waals surface area contributed by atoms with Crippen molar-refractivity contribution in [1.29, 1.82) is 0 Å². The van der Waals surface area contributed by atoms with Gasteiger partial charge in [0.15, 0.2) is 0 Å². The number of non-ortho nitro benzene ring substituents is 1. The zero-order chi connectivity index (χ0) is 20.7. The minimum absolute atomic E-state index is 0.0774. The van der Waals surface area contributed by atoms with Crippen LogP contribution in [0.1, 0.15) is 11.1 Å². The number of nitro groups is 2. The Morgan fingerprint density at radius 3 is 2.32 bits per heavy atom. The number of amides is 1. The van der Waals surface area contributed by atoms with E-state index < -0.39 is 45.7 Å². The van der Waals surface area contributed by atoms with Crippen LogP contribution in [0.25, 0.3) is 0 Å². The number of rotatable bonds is 8. The third-order valence-corrected chi connectivity index (χ3v) is 3.70. The molecule has 0 saturated carbocycles. The predicted molar refractivity (Wildman–Crippen MR) is 94.6 cm³/mol. The van der Waals surface area contributed by atoms with Crippen LogP contribution in [0.4, 0.5) is 16.2 Å². The Morgan fingerprint density at radius 2 is 1.75 bits per heavy atom. The number of nitrogens with one attached hydrogen (secondary N) is 1.